The van der Waals surface area contributed by atoms with Crippen molar-refractivity contribution in [2.75, 3.05) is 0 Å². The Bertz CT molecular complexity index is 279. The van der Waals surface area contributed by atoms with E-state index in [1.807, 2.05) is 0 Å². The standard InChI is InChI=1S/C6H4ClFN2O/c7-6-5(8)4(3-10-11)1-2-9-6/h1-2H,3H2. The van der Waals surface area contributed by atoms with Crippen molar-refractivity contribution in [2.45, 2.75) is 6.54 Å². The second kappa shape index (κ2) is 3.39. The van der Waals surface area contributed by atoms with Gasteiger partial charge in [-0.15, -0.1) is 0 Å². The quantitative estimate of drug-likeness (QED) is 0.509. The maximum atomic E-state index is 12.8. The molecule has 1 heterocycles. The van der Waals surface area contributed by atoms with Gasteiger partial charge in [0.15, 0.2) is 11.0 Å². The van der Waals surface area contributed by atoms with Crippen LogP contribution in [-0.2, 0) is 6.54 Å². The number of halogens is 2. The molecule has 0 aromatic carbocycles. The van der Waals surface area contributed by atoms with Crippen LogP contribution in [0.3, 0.4) is 0 Å². The molecule has 0 saturated heterocycles. The van der Waals surface area contributed by atoms with Gasteiger partial charge in [0.25, 0.3) is 0 Å². The van der Waals surface area contributed by atoms with E-state index < -0.39 is 5.82 Å². The summed E-state index contributed by atoms with van der Waals surface area (Å²) in [6, 6.07) is 1.36. The zero-order chi connectivity index (χ0) is 8.27. The first-order chi connectivity index (χ1) is 5.25. The molecule has 0 spiro atoms. The summed E-state index contributed by atoms with van der Waals surface area (Å²) >= 11 is 5.32. The molecule has 58 valence electrons. The maximum Gasteiger partial charge on any atom is 0.165 e. The van der Waals surface area contributed by atoms with Crippen LogP contribution in [0.15, 0.2) is 17.4 Å². The van der Waals surface area contributed by atoms with E-state index in [2.05, 4.69) is 10.2 Å². The van der Waals surface area contributed by atoms with E-state index in [9.17, 15) is 9.30 Å². The lowest BCUT2D eigenvalue weighted by Crippen LogP contribution is -1.90. The zero-order valence-corrected chi connectivity index (χ0v) is 6.18. The van der Waals surface area contributed by atoms with Crippen LogP contribution >= 0.6 is 11.6 Å². The zero-order valence-electron chi connectivity index (χ0n) is 5.42. The predicted molar refractivity (Wildman–Crippen MR) is 38.7 cm³/mol. The third-order valence-corrected chi connectivity index (χ3v) is 1.43. The summed E-state index contributed by atoms with van der Waals surface area (Å²) in [7, 11) is 0. The highest BCUT2D eigenvalue weighted by atomic mass is 35.5. The molecule has 0 atom stereocenters. The minimum Gasteiger partial charge on any atom is -0.242 e. The van der Waals surface area contributed by atoms with Gasteiger partial charge in [-0.2, -0.15) is 4.91 Å². The van der Waals surface area contributed by atoms with E-state index in [4.69, 9.17) is 11.6 Å². The van der Waals surface area contributed by atoms with Crippen molar-refractivity contribution in [1.29, 1.82) is 0 Å². The van der Waals surface area contributed by atoms with Crippen molar-refractivity contribution >= 4 is 11.6 Å². The van der Waals surface area contributed by atoms with Gasteiger partial charge in [-0.1, -0.05) is 16.8 Å². The average Bonchev–Trinajstić information content (AvgIpc) is 1.99. The van der Waals surface area contributed by atoms with Crippen LogP contribution in [0.4, 0.5) is 4.39 Å². The largest absolute Gasteiger partial charge is 0.242 e. The van der Waals surface area contributed by atoms with Crippen LogP contribution in [0.5, 0.6) is 0 Å². The van der Waals surface area contributed by atoms with E-state index in [1.54, 1.807) is 0 Å². The van der Waals surface area contributed by atoms with E-state index >= 15 is 0 Å². The molecular formula is C6H4ClFN2O. The SMILES string of the molecule is O=NCc1ccnc(Cl)c1F. The van der Waals surface area contributed by atoms with Crippen molar-refractivity contribution < 1.29 is 4.39 Å². The van der Waals surface area contributed by atoms with E-state index in [-0.39, 0.29) is 17.3 Å². The van der Waals surface area contributed by atoms with E-state index in [0.717, 1.165) is 0 Å². The molecule has 1 rings (SSSR count). The lowest BCUT2D eigenvalue weighted by atomic mass is 10.2. The first-order valence-corrected chi connectivity index (χ1v) is 3.21. The van der Waals surface area contributed by atoms with Crippen molar-refractivity contribution in [3.8, 4) is 0 Å². The van der Waals surface area contributed by atoms with Crippen LogP contribution in [0.25, 0.3) is 0 Å². The molecule has 0 bridgehead atoms. The Labute approximate surface area is 67.2 Å². The van der Waals surface area contributed by atoms with E-state index in [0.29, 0.717) is 0 Å². The Balaban J connectivity index is 3.05. The van der Waals surface area contributed by atoms with Gasteiger partial charge in [0, 0.05) is 11.8 Å². The van der Waals surface area contributed by atoms with Gasteiger partial charge in [-0.25, -0.2) is 9.37 Å². The number of nitrogens with zero attached hydrogens (tertiary/aromatic N) is 2. The molecular weight excluding hydrogens is 171 g/mol. The number of nitroso groups, excluding NO2 is 1. The molecule has 0 aliphatic carbocycles. The molecule has 0 saturated carbocycles. The fourth-order valence-corrected chi connectivity index (χ4v) is 0.824. The number of pyridine rings is 1. The summed E-state index contributed by atoms with van der Waals surface area (Å²) < 4.78 is 12.8. The van der Waals surface area contributed by atoms with Gasteiger partial charge in [0.1, 0.15) is 6.54 Å². The molecule has 0 fully saturated rings. The molecule has 0 radical (unpaired) electrons. The lowest BCUT2D eigenvalue weighted by molar-refractivity contribution is 0.604. The van der Waals surface area contributed by atoms with Crippen molar-refractivity contribution in [3.63, 3.8) is 0 Å². The van der Waals surface area contributed by atoms with Gasteiger partial charge in [0.2, 0.25) is 0 Å². The molecule has 0 N–H and O–H groups in total. The van der Waals surface area contributed by atoms with Crippen LogP contribution in [-0.4, -0.2) is 4.98 Å². The van der Waals surface area contributed by atoms with E-state index in [1.165, 1.54) is 12.3 Å². The molecule has 0 aliphatic rings. The van der Waals surface area contributed by atoms with Crippen LogP contribution in [0.2, 0.25) is 5.15 Å². The van der Waals surface area contributed by atoms with Crippen molar-refractivity contribution in [2.24, 2.45) is 5.18 Å². The Kier molecular flexibility index (Phi) is 2.48. The number of aromatic nitrogens is 1. The molecule has 0 amide bonds. The lowest BCUT2D eigenvalue weighted by Gasteiger charge is -1.96. The van der Waals surface area contributed by atoms with Gasteiger partial charge >= 0.3 is 0 Å². The summed E-state index contributed by atoms with van der Waals surface area (Å²) in [6.45, 7) is -0.214. The smallest absolute Gasteiger partial charge is 0.165 e. The highest BCUT2D eigenvalue weighted by molar-refractivity contribution is 6.29. The second-order valence-electron chi connectivity index (χ2n) is 1.86. The Morgan fingerprint density at radius 3 is 3.09 bits per heavy atom. The van der Waals surface area contributed by atoms with Gasteiger partial charge in [-0.05, 0) is 6.07 Å². The molecule has 1 aromatic rings. The van der Waals surface area contributed by atoms with Crippen molar-refractivity contribution in [1.82, 2.24) is 4.98 Å². The van der Waals surface area contributed by atoms with Crippen LogP contribution in [0, 0.1) is 10.7 Å². The van der Waals surface area contributed by atoms with Crippen LogP contribution in [0.1, 0.15) is 5.56 Å². The Morgan fingerprint density at radius 2 is 2.45 bits per heavy atom. The third kappa shape index (κ3) is 1.71. The van der Waals surface area contributed by atoms with Gasteiger partial charge in [0.05, 0.1) is 0 Å². The molecule has 5 heteroatoms. The van der Waals surface area contributed by atoms with Gasteiger partial charge in [-0.3, -0.25) is 0 Å². The molecule has 0 unspecified atom stereocenters. The normalized spacial score (nSPS) is 9.64. The Hall–Kier alpha value is -1.03. The highest BCUT2D eigenvalue weighted by Gasteiger charge is 2.06. The average molecular weight is 175 g/mol. The first-order valence-electron chi connectivity index (χ1n) is 2.83. The molecule has 3 nitrogen and oxygen atoms in total. The second-order valence-corrected chi connectivity index (χ2v) is 2.22. The number of hydrogen-bond donors (Lipinski definition) is 0. The monoisotopic (exact) mass is 174 g/mol. The summed E-state index contributed by atoms with van der Waals surface area (Å²) in [5.74, 6) is -0.672. The van der Waals surface area contributed by atoms with Crippen LogP contribution < -0.4 is 0 Å². The topological polar surface area (TPSA) is 42.3 Å². The number of rotatable bonds is 2. The highest BCUT2D eigenvalue weighted by Crippen LogP contribution is 2.15. The van der Waals surface area contributed by atoms with Gasteiger partial charge < -0.3 is 0 Å². The maximum absolute atomic E-state index is 12.8. The fraction of sp³-hybridized carbons (Fsp3) is 0.167. The predicted octanol–water partition coefficient (Wildman–Crippen LogP) is 2.14. The minimum absolute atomic E-state index is 0.167. The fourth-order valence-electron chi connectivity index (χ4n) is 0.647. The summed E-state index contributed by atoms with van der Waals surface area (Å²) in [5, 5.41) is 2.30. The summed E-state index contributed by atoms with van der Waals surface area (Å²) in [4.78, 5) is 13.2. The summed E-state index contributed by atoms with van der Waals surface area (Å²) in [5.41, 5.74) is 0.167. The Morgan fingerprint density at radius 1 is 1.73 bits per heavy atom. The third-order valence-electron chi connectivity index (χ3n) is 1.16. The first kappa shape index (κ1) is 8.07. The van der Waals surface area contributed by atoms with Crippen molar-refractivity contribution in [3.05, 3.63) is 33.7 Å². The summed E-state index contributed by atoms with van der Waals surface area (Å²) in [6.07, 6.45) is 1.33. The number of hydrogen-bond acceptors (Lipinski definition) is 3. The molecule has 1 aromatic heterocycles. The molecule has 11 heavy (non-hydrogen) atoms. The molecule has 0 aliphatic heterocycles. The minimum atomic E-state index is -0.672.